The van der Waals surface area contributed by atoms with Crippen molar-refractivity contribution in [1.82, 2.24) is 0 Å². The first-order chi connectivity index (χ1) is 11.6. The molecule has 0 saturated carbocycles. The normalized spacial score (nSPS) is 10.5. The predicted octanol–water partition coefficient (Wildman–Crippen LogP) is 4.43. The fraction of sp³-hybridized carbons (Fsp3) is 0.300. The average molecular weight is 326 g/mol. The first-order valence-electron chi connectivity index (χ1n) is 8.22. The van der Waals surface area contributed by atoms with E-state index < -0.39 is 11.9 Å². The molecule has 0 aromatic heterocycles. The lowest BCUT2D eigenvalue weighted by molar-refractivity contribution is 0.0650. The van der Waals surface area contributed by atoms with Crippen LogP contribution >= 0.6 is 0 Å². The second-order valence-corrected chi connectivity index (χ2v) is 5.85. The monoisotopic (exact) mass is 326 g/mol. The Hall–Kier alpha value is -2.62. The van der Waals surface area contributed by atoms with Gasteiger partial charge in [-0.15, -0.1) is 0 Å². The first-order valence-corrected chi connectivity index (χ1v) is 8.22. The third-order valence-electron chi connectivity index (χ3n) is 4.10. The van der Waals surface area contributed by atoms with Crippen LogP contribution in [0.15, 0.2) is 48.5 Å². The molecule has 4 heteroatoms. The van der Waals surface area contributed by atoms with Gasteiger partial charge in [-0.25, -0.2) is 9.59 Å². The highest BCUT2D eigenvalue weighted by molar-refractivity contribution is 6.02. The van der Waals surface area contributed by atoms with Crippen LogP contribution in [0, 0.1) is 0 Å². The van der Waals surface area contributed by atoms with Gasteiger partial charge in [0.2, 0.25) is 0 Å². The third-order valence-corrected chi connectivity index (χ3v) is 4.10. The van der Waals surface area contributed by atoms with E-state index in [2.05, 4.69) is 12.1 Å². The van der Waals surface area contributed by atoms with Crippen LogP contribution in [0.5, 0.6) is 0 Å². The van der Waals surface area contributed by atoms with Crippen molar-refractivity contribution in [3.05, 3.63) is 70.8 Å². The quantitative estimate of drug-likeness (QED) is 0.669. The molecule has 0 atom stereocenters. The van der Waals surface area contributed by atoms with Gasteiger partial charge in [-0.2, -0.15) is 0 Å². The Labute approximate surface area is 141 Å². The number of carbonyl (C=O) groups is 2. The molecule has 2 rings (SSSR count). The van der Waals surface area contributed by atoms with Crippen molar-refractivity contribution in [2.75, 3.05) is 0 Å². The van der Waals surface area contributed by atoms with Crippen LogP contribution in [0.4, 0.5) is 0 Å². The Balaban J connectivity index is 1.83. The summed E-state index contributed by atoms with van der Waals surface area (Å²) in [6.07, 6.45) is 5.69. The van der Waals surface area contributed by atoms with Gasteiger partial charge in [0.1, 0.15) is 0 Å². The summed E-state index contributed by atoms with van der Waals surface area (Å²) in [5.74, 6) is -2.37. The molecule has 0 bridgehead atoms. The molecule has 24 heavy (non-hydrogen) atoms. The number of hydrogen-bond donors (Lipinski definition) is 2. The molecule has 2 N–H and O–H groups in total. The van der Waals surface area contributed by atoms with Crippen molar-refractivity contribution in [2.45, 2.75) is 38.5 Å². The van der Waals surface area contributed by atoms with Gasteiger partial charge in [0.05, 0.1) is 11.1 Å². The Bertz CT molecular complexity index is 692. The van der Waals surface area contributed by atoms with E-state index in [1.807, 2.05) is 18.2 Å². The highest BCUT2D eigenvalue weighted by Gasteiger charge is 2.19. The van der Waals surface area contributed by atoms with E-state index in [9.17, 15) is 14.7 Å². The lowest BCUT2D eigenvalue weighted by Crippen LogP contribution is -2.11. The zero-order chi connectivity index (χ0) is 17.4. The second-order valence-electron chi connectivity index (χ2n) is 5.85. The van der Waals surface area contributed by atoms with Crippen LogP contribution in [-0.4, -0.2) is 22.2 Å². The van der Waals surface area contributed by atoms with Gasteiger partial charge >= 0.3 is 11.9 Å². The summed E-state index contributed by atoms with van der Waals surface area (Å²) in [5.41, 5.74) is 1.73. The average Bonchev–Trinajstić information content (AvgIpc) is 2.58. The van der Waals surface area contributed by atoms with Crippen LogP contribution in [-0.2, 0) is 12.8 Å². The summed E-state index contributed by atoms with van der Waals surface area (Å²) in [6.45, 7) is 0. The molecule has 0 unspecified atom stereocenters. The minimum Gasteiger partial charge on any atom is -0.478 e. The van der Waals surface area contributed by atoms with Crippen molar-refractivity contribution in [3.8, 4) is 0 Å². The molecule has 0 aliphatic rings. The maximum absolute atomic E-state index is 11.4. The summed E-state index contributed by atoms with van der Waals surface area (Å²) in [5, 5.41) is 18.4. The Morgan fingerprint density at radius 2 is 1.38 bits per heavy atom. The first kappa shape index (κ1) is 17.7. The lowest BCUT2D eigenvalue weighted by Gasteiger charge is -2.09. The molecule has 126 valence electrons. The standard InChI is InChI=1S/C20H22O4/c21-19(22)17-14-8-13-16(18(17)20(23)24)12-7-2-1-4-9-15-10-5-3-6-11-15/h3,5-6,8,10-11,13-14H,1-2,4,7,9,12H2,(H,21,22)(H,23,24). The summed E-state index contributed by atoms with van der Waals surface area (Å²) in [6, 6.07) is 15.0. The predicted molar refractivity (Wildman–Crippen MR) is 92.7 cm³/mol. The van der Waals surface area contributed by atoms with Crippen LogP contribution in [0.1, 0.15) is 57.5 Å². The van der Waals surface area contributed by atoms with Gasteiger partial charge in [-0.05, 0) is 42.9 Å². The van der Waals surface area contributed by atoms with Crippen LogP contribution in [0.3, 0.4) is 0 Å². The molecule has 0 saturated heterocycles. The summed E-state index contributed by atoms with van der Waals surface area (Å²) in [7, 11) is 0. The maximum atomic E-state index is 11.4. The molecule has 0 spiro atoms. The van der Waals surface area contributed by atoms with E-state index in [0.717, 1.165) is 32.1 Å². The van der Waals surface area contributed by atoms with E-state index >= 15 is 0 Å². The number of benzene rings is 2. The molecular formula is C20H22O4. The highest BCUT2D eigenvalue weighted by Crippen LogP contribution is 2.18. The summed E-state index contributed by atoms with van der Waals surface area (Å²) in [4.78, 5) is 22.5. The van der Waals surface area contributed by atoms with Crippen molar-refractivity contribution in [1.29, 1.82) is 0 Å². The third kappa shape index (κ3) is 4.95. The molecule has 0 fully saturated rings. The smallest absolute Gasteiger partial charge is 0.336 e. The Morgan fingerprint density at radius 3 is 2.00 bits per heavy atom. The number of carboxylic acid groups (broad SMARTS) is 2. The minimum atomic E-state index is -1.20. The van der Waals surface area contributed by atoms with Gasteiger partial charge in [-0.3, -0.25) is 0 Å². The van der Waals surface area contributed by atoms with E-state index in [1.54, 1.807) is 12.1 Å². The molecular weight excluding hydrogens is 304 g/mol. The summed E-state index contributed by atoms with van der Waals surface area (Å²) >= 11 is 0. The fourth-order valence-corrected chi connectivity index (χ4v) is 2.88. The lowest BCUT2D eigenvalue weighted by atomic mass is 9.96. The molecule has 0 amide bonds. The topological polar surface area (TPSA) is 74.6 Å². The van der Waals surface area contributed by atoms with Gasteiger partial charge in [0, 0.05) is 0 Å². The van der Waals surface area contributed by atoms with Gasteiger partial charge in [0.25, 0.3) is 0 Å². The number of aromatic carboxylic acids is 2. The second kappa shape index (κ2) is 8.87. The fourth-order valence-electron chi connectivity index (χ4n) is 2.88. The molecule has 4 nitrogen and oxygen atoms in total. The van der Waals surface area contributed by atoms with E-state index in [4.69, 9.17) is 5.11 Å². The Kier molecular flexibility index (Phi) is 6.55. The van der Waals surface area contributed by atoms with Gasteiger partial charge < -0.3 is 10.2 Å². The molecule has 2 aromatic carbocycles. The van der Waals surface area contributed by atoms with Crippen LogP contribution in [0.2, 0.25) is 0 Å². The number of carboxylic acids is 2. The van der Waals surface area contributed by atoms with Crippen molar-refractivity contribution < 1.29 is 19.8 Å². The maximum Gasteiger partial charge on any atom is 0.336 e. The molecule has 2 aromatic rings. The minimum absolute atomic E-state index is 0.0747. The Morgan fingerprint density at radius 1 is 0.708 bits per heavy atom. The van der Waals surface area contributed by atoms with Gasteiger partial charge in [0.15, 0.2) is 0 Å². The number of rotatable bonds is 9. The SMILES string of the molecule is O=C(O)c1cccc(CCCCCCc2ccccc2)c1C(=O)O. The van der Waals surface area contributed by atoms with E-state index in [1.165, 1.54) is 11.6 Å². The zero-order valence-corrected chi connectivity index (χ0v) is 13.6. The van der Waals surface area contributed by atoms with Crippen molar-refractivity contribution in [3.63, 3.8) is 0 Å². The molecule has 0 aliphatic heterocycles. The molecule has 0 aliphatic carbocycles. The summed E-state index contributed by atoms with van der Waals surface area (Å²) < 4.78 is 0. The van der Waals surface area contributed by atoms with Crippen molar-refractivity contribution >= 4 is 11.9 Å². The number of aryl methyl sites for hydroxylation is 2. The number of hydrogen-bond acceptors (Lipinski definition) is 2. The molecule has 0 radical (unpaired) electrons. The number of unbranched alkanes of at least 4 members (excludes halogenated alkanes) is 3. The molecule has 0 heterocycles. The largest absolute Gasteiger partial charge is 0.478 e. The van der Waals surface area contributed by atoms with E-state index in [-0.39, 0.29) is 11.1 Å². The van der Waals surface area contributed by atoms with E-state index in [0.29, 0.717) is 12.0 Å². The van der Waals surface area contributed by atoms with Crippen LogP contribution in [0.25, 0.3) is 0 Å². The van der Waals surface area contributed by atoms with Crippen molar-refractivity contribution in [2.24, 2.45) is 0 Å². The highest BCUT2D eigenvalue weighted by atomic mass is 16.4. The van der Waals surface area contributed by atoms with Crippen LogP contribution < -0.4 is 0 Å². The zero-order valence-electron chi connectivity index (χ0n) is 13.6. The van der Waals surface area contributed by atoms with Gasteiger partial charge in [-0.1, -0.05) is 55.3 Å².